The molecule has 6 heteroatoms. The summed E-state index contributed by atoms with van der Waals surface area (Å²) in [6.07, 6.45) is 2.93. The van der Waals surface area contributed by atoms with E-state index in [9.17, 15) is 9.59 Å². The van der Waals surface area contributed by atoms with E-state index in [1.165, 1.54) is 6.08 Å². The number of nitrogens with one attached hydrogen (secondary N) is 2. The Balaban J connectivity index is 1.96. The molecule has 0 saturated carbocycles. The lowest BCUT2D eigenvalue weighted by Crippen LogP contribution is -2.21. The lowest BCUT2D eigenvalue weighted by Gasteiger charge is -2.07. The second-order valence-electron chi connectivity index (χ2n) is 5.38. The van der Waals surface area contributed by atoms with Crippen molar-refractivity contribution in [3.05, 3.63) is 65.7 Å². The molecule has 0 unspecified atom stereocenters. The molecule has 0 radical (unpaired) electrons. The Labute approximate surface area is 152 Å². The highest BCUT2D eigenvalue weighted by Crippen LogP contribution is 2.18. The predicted molar refractivity (Wildman–Crippen MR) is 99.2 cm³/mol. The summed E-state index contributed by atoms with van der Waals surface area (Å²) >= 11 is 0. The number of methoxy groups -OCH3 is 1. The average Bonchev–Trinajstić information content (AvgIpc) is 2.65. The Hall–Kier alpha value is -3.59. The molecule has 0 heterocycles. The van der Waals surface area contributed by atoms with Crippen molar-refractivity contribution in [2.24, 2.45) is 0 Å². The van der Waals surface area contributed by atoms with Crippen molar-refractivity contribution in [2.45, 2.75) is 13.0 Å². The molecule has 0 saturated heterocycles. The van der Waals surface area contributed by atoms with Crippen molar-refractivity contribution in [2.75, 3.05) is 12.4 Å². The molecule has 2 aromatic carbocycles. The number of nitrogens with zero attached hydrogens (tertiary/aromatic N) is 1. The van der Waals surface area contributed by atoms with E-state index in [4.69, 9.17) is 10.00 Å². The number of ether oxygens (including phenoxy) is 1. The summed E-state index contributed by atoms with van der Waals surface area (Å²) in [5, 5.41) is 13.9. The van der Waals surface area contributed by atoms with Crippen LogP contribution in [-0.4, -0.2) is 18.9 Å². The highest BCUT2D eigenvalue weighted by Gasteiger charge is 2.03. The minimum absolute atomic E-state index is 0.176. The quantitative estimate of drug-likeness (QED) is 0.752. The summed E-state index contributed by atoms with van der Waals surface area (Å²) in [5.74, 6) is 0.0786. The molecule has 132 valence electrons. The molecule has 2 N–H and O–H groups in total. The number of benzene rings is 2. The number of nitriles is 1. The third-order valence-corrected chi connectivity index (χ3v) is 3.48. The smallest absolute Gasteiger partial charge is 0.248 e. The zero-order chi connectivity index (χ0) is 18.8. The van der Waals surface area contributed by atoms with E-state index in [1.54, 1.807) is 37.5 Å². The Morgan fingerprint density at radius 3 is 2.77 bits per heavy atom. The minimum Gasteiger partial charge on any atom is -0.496 e. The molecular formula is C20H19N3O3. The molecule has 6 nitrogen and oxygen atoms in total. The van der Waals surface area contributed by atoms with E-state index in [0.29, 0.717) is 18.0 Å². The number of carbonyl (C=O) groups excluding carboxylic acids is 2. The molecule has 0 spiro atoms. The van der Waals surface area contributed by atoms with Crippen LogP contribution in [0.1, 0.15) is 17.5 Å². The summed E-state index contributed by atoms with van der Waals surface area (Å²) in [5.41, 5.74) is 2.24. The second-order valence-corrected chi connectivity index (χ2v) is 5.38. The number of carbonyl (C=O) groups is 2. The van der Waals surface area contributed by atoms with Gasteiger partial charge in [-0.3, -0.25) is 9.59 Å². The van der Waals surface area contributed by atoms with Gasteiger partial charge in [-0.1, -0.05) is 30.3 Å². The van der Waals surface area contributed by atoms with Gasteiger partial charge in [-0.05, 0) is 29.8 Å². The minimum atomic E-state index is -0.332. The summed E-state index contributed by atoms with van der Waals surface area (Å²) < 4.78 is 5.24. The van der Waals surface area contributed by atoms with Crippen LogP contribution in [-0.2, 0) is 16.1 Å². The van der Waals surface area contributed by atoms with Crippen molar-refractivity contribution in [3.8, 4) is 11.8 Å². The van der Waals surface area contributed by atoms with Crippen LogP contribution < -0.4 is 15.4 Å². The lowest BCUT2D eigenvalue weighted by atomic mass is 10.1. The highest BCUT2D eigenvalue weighted by molar-refractivity contribution is 6.02. The predicted octanol–water partition coefficient (Wildman–Crippen LogP) is 2.88. The van der Waals surface area contributed by atoms with Crippen LogP contribution in [0.5, 0.6) is 5.75 Å². The number of hydrogen-bond donors (Lipinski definition) is 2. The molecule has 26 heavy (non-hydrogen) atoms. The monoisotopic (exact) mass is 349 g/mol. The Bertz CT molecular complexity index is 853. The zero-order valence-electron chi connectivity index (χ0n) is 14.4. The van der Waals surface area contributed by atoms with Crippen LogP contribution in [0.3, 0.4) is 0 Å². The van der Waals surface area contributed by atoms with E-state index in [0.717, 1.165) is 11.1 Å². The van der Waals surface area contributed by atoms with Crippen LogP contribution in [0.4, 0.5) is 5.69 Å². The van der Waals surface area contributed by atoms with Crippen LogP contribution >= 0.6 is 0 Å². The first-order valence-corrected chi connectivity index (χ1v) is 7.97. The first-order chi connectivity index (χ1) is 12.6. The van der Waals surface area contributed by atoms with E-state index < -0.39 is 0 Å². The number of anilines is 1. The van der Waals surface area contributed by atoms with Gasteiger partial charge in [0.25, 0.3) is 0 Å². The number of amides is 2. The van der Waals surface area contributed by atoms with Crippen molar-refractivity contribution in [1.82, 2.24) is 5.32 Å². The summed E-state index contributed by atoms with van der Waals surface area (Å²) in [7, 11) is 1.58. The molecule has 0 fully saturated rings. The second kappa shape index (κ2) is 9.64. The van der Waals surface area contributed by atoms with Gasteiger partial charge in [0.05, 0.1) is 13.2 Å². The summed E-state index contributed by atoms with van der Waals surface area (Å²) in [4.78, 5) is 23.4. The third-order valence-electron chi connectivity index (χ3n) is 3.48. The first kappa shape index (κ1) is 18.7. The summed E-state index contributed by atoms with van der Waals surface area (Å²) in [6.45, 7) is 0.293. The van der Waals surface area contributed by atoms with Gasteiger partial charge in [0.2, 0.25) is 11.8 Å². The van der Waals surface area contributed by atoms with Crippen LogP contribution in [0, 0.1) is 11.3 Å². The van der Waals surface area contributed by atoms with Gasteiger partial charge in [0, 0.05) is 23.9 Å². The molecule has 0 atom stereocenters. The van der Waals surface area contributed by atoms with Gasteiger partial charge >= 0.3 is 0 Å². The molecule has 2 rings (SSSR count). The fraction of sp³-hybridized carbons (Fsp3) is 0.150. The van der Waals surface area contributed by atoms with Crippen LogP contribution in [0.15, 0.2) is 54.6 Å². The Morgan fingerprint density at radius 1 is 1.19 bits per heavy atom. The van der Waals surface area contributed by atoms with E-state index in [-0.39, 0.29) is 18.2 Å². The molecule has 0 aliphatic rings. The molecular weight excluding hydrogens is 330 g/mol. The maximum atomic E-state index is 12.1. The fourth-order valence-electron chi connectivity index (χ4n) is 2.25. The van der Waals surface area contributed by atoms with Crippen molar-refractivity contribution >= 4 is 23.6 Å². The van der Waals surface area contributed by atoms with E-state index in [2.05, 4.69) is 10.6 Å². The largest absolute Gasteiger partial charge is 0.496 e. The van der Waals surface area contributed by atoms with Crippen molar-refractivity contribution < 1.29 is 14.3 Å². The zero-order valence-corrected chi connectivity index (χ0v) is 14.4. The van der Waals surface area contributed by atoms with Crippen LogP contribution in [0.2, 0.25) is 0 Å². The van der Waals surface area contributed by atoms with E-state index in [1.807, 2.05) is 30.3 Å². The SMILES string of the molecule is COc1ccccc1/C=C/C(=O)Nc1cccc(CNC(=O)CC#N)c1. The number of rotatable bonds is 7. The molecule has 0 aliphatic heterocycles. The van der Waals surface area contributed by atoms with Gasteiger partial charge in [-0.2, -0.15) is 5.26 Å². The van der Waals surface area contributed by atoms with E-state index >= 15 is 0 Å². The topological polar surface area (TPSA) is 91.2 Å². The fourth-order valence-corrected chi connectivity index (χ4v) is 2.25. The van der Waals surface area contributed by atoms with Crippen molar-refractivity contribution in [1.29, 1.82) is 5.26 Å². The molecule has 0 aromatic heterocycles. The first-order valence-electron chi connectivity index (χ1n) is 7.97. The van der Waals surface area contributed by atoms with Gasteiger partial charge in [0.1, 0.15) is 12.2 Å². The Morgan fingerprint density at radius 2 is 2.00 bits per heavy atom. The third kappa shape index (κ3) is 5.80. The van der Waals surface area contributed by atoms with Gasteiger partial charge in [-0.25, -0.2) is 0 Å². The lowest BCUT2D eigenvalue weighted by molar-refractivity contribution is -0.120. The maximum absolute atomic E-state index is 12.1. The average molecular weight is 349 g/mol. The van der Waals surface area contributed by atoms with Gasteiger partial charge in [-0.15, -0.1) is 0 Å². The summed E-state index contributed by atoms with van der Waals surface area (Å²) in [6, 6.07) is 16.3. The van der Waals surface area contributed by atoms with Crippen molar-refractivity contribution in [3.63, 3.8) is 0 Å². The maximum Gasteiger partial charge on any atom is 0.248 e. The normalized spacial score (nSPS) is 10.2. The molecule has 2 aromatic rings. The van der Waals surface area contributed by atoms with Gasteiger partial charge < -0.3 is 15.4 Å². The number of hydrogen-bond acceptors (Lipinski definition) is 4. The number of para-hydroxylation sites is 1. The molecule has 2 amide bonds. The molecule has 0 aliphatic carbocycles. The molecule has 0 bridgehead atoms. The Kier molecular flexibility index (Phi) is 6.95. The van der Waals surface area contributed by atoms with Crippen LogP contribution in [0.25, 0.3) is 6.08 Å². The standard InChI is InChI=1S/C20H19N3O3/c1-26-18-8-3-2-6-16(18)9-10-20(25)23-17-7-4-5-15(13-17)14-22-19(24)11-12-21/h2-10,13H,11,14H2,1H3,(H,22,24)(H,23,25)/b10-9+. The van der Waals surface area contributed by atoms with Gasteiger partial charge in [0.15, 0.2) is 0 Å². The highest BCUT2D eigenvalue weighted by atomic mass is 16.5.